The van der Waals surface area contributed by atoms with E-state index in [0.717, 1.165) is 0 Å². The van der Waals surface area contributed by atoms with E-state index in [-0.39, 0.29) is 10.3 Å². The van der Waals surface area contributed by atoms with Gasteiger partial charge in [0.2, 0.25) is 0 Å². The summed E-state index contributed by atoms with van der Waals surface area (Å²) in [6, 6.07) is 0. The van der Waals surface area contributed by atoms with Crippen molar-refractivity contribution in [3.63, 3.8) is 0 Å². The van der Waals surface area contributed by atoms with E-state index in [1.807, 2.05) is 0 Å². The van der Waals surface area contributed by atoms with E-state index in [1.54, 1.807) is 0 Å². The molecule has 0 aliphatic carbocycles. The molecule has 1 heterocycles. The van der Waals surface area contributed by atoms with Crippen LogP contribution in [0.5, 0.6) is 0 Å². The molecule has 1 aromatic rings. The van der Waals surface area contributed by atoms with Gasteiger partial charge in [0, 0.05) is 13.3 Å². The van der Waals surface area contributed by atoms with E-state index < -0.39 is 6.23 Å². The first kappa shape index (κ1) is 9.11. The van der Waals surface area contributed by atoms with Crippen molar-refractivity contribution in [1.82, 2.24) is 9.97 Å². The Labute approximate surface area is 73.6 Å². The average molecular weight is 187 g/mol. The normalized spacial score (nSPS) is 12.8. The highest BCUT2D eigenvalue weighted by molar-refractivity contribution is 7.71. The fourth-order valence-corrected chi connectivity index (χ4v) is 0.910. The van der Waals surface area contributed by atoms with Crippen molar-refractivity contribution in [1.29, 1.82) is 0 Å². The Bertz CT molecular complexity index is 370. The Morgan fingerprint density at radius 1 is 1.75 bits per heavy atom. The SMILES string of the molecule is COC(N)c1c[nH]c(=S)[nH]c1=O. The predicted molar refractivity (Wildman–Crippen MR) is 46.2 cm³/mol. The Morgan fingerprint density at radius 2 is 2.42 bits per heavy atom. The molecule has 12 heavy (non-hydrogen) atoms. The molecule has 0 fully saturated rings. The van der Waals surface area contributed by atoms with Gasteiger partial charge in [-0.15, -0.1) is 0 Å². The number of hydrogen-bond donors (Lipinski definition) is 3. The highest BCUT2D eigenvalue weighted by Crippen LogP contribution is 2.01. The van der Waals surface area contributed by atoms with Gasteiger partial charge in [0.25, 0.3) is 5.56 Å². The number of aromatic nitrogens is 2. The Kier molecular flexibility index (Phi) is 2.74. The number of nitrogens with two attached hydrogens (primary N) is 1. The van der Waals surface area contributed by atoms with Crippen LogP contribution in [-0.2, 0) is 4.74 Å². The van der Waals surface area contributed by atoms with Crippen molar-refractivity contribution < 1.29 is 4.74 Å². The van der Waals surface area contributed by atoms with Crippen LogP contribution in [0.15, 0.2) is 11.0 Å². The van der Waals surface area contributed by atoms with Gasteiger partial charge in [-0.1, -0.05) is 0 Å². The van der Waals surface area contributed by atoms with Crippen molar-refractivity contribution in [3.05, 3.63) is 26.9 Å². The molecule has 0 bridgehead atoms. The maximum absolute atomic E-state index is 11.1. The topological polar surface area (TPSA) is 83.9 Å². The van der Waals surface area contributed by atoms with Gasteiger partial charge in [0.1, 0.15) is 6.23 Å². The summed E-state index contributed by atoms with van der Waals surface area (Å²) in [6.07, 6.45) is 0.718. The quantitative estimate of drug-likeness (QED) is 0.450. The van der Waals surface area contributed by atoms with Crippen LogP contribution in [0.25, 0.3) is 0 Å². The maximum atomic E-state index is 11.1. The molecule has 0 amide bonds. The molecule has 5 nitrogen and oxygen atoms in total. The number of hydrogen-bond acceptors (Lipinski definition) is 4. The van der Waals surface area contributed by atoms with Gasteiger partial charge in [-0.25, -0.2) is 0 Å². The molecule has 0 radical (unpaired) electrons. The third kappa shape index (κ3) is 1.79. The van der Waals surface area contributed by atoms with Crippen LogP contribution in [0.3, 0.4) is 0 Å². The first-order valence-corrected chi connectivity index (χ1v) is 3.66. The van der Waals surface area contributed by atoms with Crippen molar-refractivity contribution in [2.75, 3.05) is 7.11 Å². The molecule has 0 aromatic carbocycles. The van der Waals surface area contributed by atoms with Crippen LogP contribution < -0.4 is 11.3 Å². The number of aromatic amines is 2. The summed E-state index contributed by atoms with van der Waals surface area (Å²) < 4.78 is 5.03. The Hall–Kier alpha value is -0.980. The van der Waals surface area contributed by atoms with Gasteiger partial charge in [0.15, 0.2) is 4.77 Å². The van der Waals surface area contributed by atoms with Crippen LogP contribution >= 0.6 is 12.2 Å². The molecule has 1 aromatic heterocycles. The third-order valence-corrected chi connectivity index (χ3v) is 1.63. The molecule has 0 aliphatic heterocycles. The third-order valence-electron chi connectivity index (χ3n) is 1.41. The minimum atomic E-state index is -0.722. The molecule has 0 saturated heterocycles. The summed E-state index contributed by atoms with van der Waals surface area (Å²) in [5.74, 6) is 0. The molecule has 1 atom stereocenters. The fraction of sp³-hybridized carbons (Fsp3) is 0.333. The van der Waals surface area contributed by atoms with E-state index in [0.29, 0.717) is 5.56 Å². The smallest absolute Gasteiger partial charge is 0.258 e. The zero-order valence-electron chi connectivity index (χ0n) is 6.46. The minimum Gasteiger partial charge on any atom is -0.362 e. The molecule has 4 N–H and O–H groups in total. The van der Waals surface area contributed by atoms with Crippen molar-refractivity contribution in [2.24, 2.45) is 5.73 Å². The van der Waals surface area contributed by atoms with Gasteiger partial charge in [-0.05, 0) is 12.2 Å². The summed E-state index contributed by atoms with van der Waals surface area (Å²) in [7, 11) is 1.42. The summed E-state index contributed by atoms with van der Waals surface area (Å²) in [6.45, 7) is 0. The van der Waals surface area contributed by atoms with E-state index in [2.05, 4.69) is 22.2 Å². The molecule has 0 saturated carbocycles. The second-order valence-corrected chi connectivity index (χ2v) is 2.59. The average Bonchev–Trinajstić information content (AvgIpc) is 2.03. The summed E-state index contributed by atoms with van der Waals surface area (Å²) in [5, 5.41) is 0. The number of methoxy groups -OCH3 is 1. The lowest BCUT2D eigenvalue weighted by molar-refractivity contribution is 0.108. The van der Waals surface area contributed by atoms with Crippen LogP contribution in [0.2, 0.25) is 0 Å². The van der Waals surface area contributed by atoms with Crippen LogP contribution in [0, 0.1) is 4.77 Å². The van der Waals surface area contributed by atoms with E-state index >= 15 is 0 Å². The highest BCUT2D eigenvalue weighted by atomic mass is 32.1. The lowest BCUT2D eigenvalue weighted by Gasteiger charge is -2.06. The lowest BCUT2D eigenvalue weighted by atomic mass is 10.3. The van der Waals surface area contributed by atoms with E-state index in [4.69, 9.17) is 10.5 Å². The van der Waals surface area contributed by atoms with Gasteiger partial charge in [-0.3, -0.25) is 9.78 Å². The van der Waals surface area contributed by atoms with Crippen molar-refractivity contribution in [3.8, 4) is 0 Å². The zero-order valence-corrected chi connectivity index (χ0v) is 7.27. The van der Waals surface area contributed by atoms with Crippen LogP contribution in [0.1, 0.15) is 11.8 Å². The number of H-pyrrole nitrogens is 2. The molecule has 1 rings (SSSR count). The molecule has 1 unspecified atom stereocenters. The second kappa shape index (κ2) is 3.61. The largest absolute Gasteiger partial charge is 0.362 e. The monoisotopic (exact) mass is 187 g/mol. The number of rotatable bonds is 2. The Balaban J connectivity index is 3.19. The highest BCUT2D eigenvalue weighted by Gasteiger charge is 2.07. The van der Waals surface area contributed by atoms with E-state index in [9.17, 15) is 4.79 Å². The fourth-order valence-electron chi connectivity index (χ4n) is 0.759. The number of nitrogens with one attached hydrogen (secondary N) is 2. The predicted octanol–water partition coefficient (Wildman–Crippen LogP) is 0.0362. The Morgan fingerprint density at radius 3 is 2.92 bits per heavy atom. The maximum Gasteiger partial charge on any atom is 0.258 e. The van der Waals surface area contributed by atoms with Crippen molar-refractivity contribution in [2.45, 2.75) is 6.23 Å². The van der Waals surface area contributed by atoms with E-state index in [1.165, 1.54) is 13.3 Å². The lowest BCUT2D eigenvalue weighted by Crippen LogP contribution is -2.23. The molecule has 6 heteroatoms. The summed E-state index contributed by atoms with van der Waals surface area (Å²) in [5.41, 5.74) is 5.45. The van der Waals surface area contributed by atoms with Gasteiger partial charge >= 0.3 is 0 Å². The first-order chi connectivity index (χ1) is 5.65. The summed E-state index contributed by atoms with van der Waals surface area (Å²) >= 11 is 4.69. The molecular weight excluding hydrogens is 178 g/mol. The van der Waals surface area contributed by atoms with Crippen molar-refractivity contribution >= 4 is 12.2 Å². The number of ether oxygens (including phenoxy) is 1. The molecular formula is C6H9N3O2S. The molecule has 66 valence electrons. The van der Waals surface area contributed by atoms with Gasteiger partial charge < -0.3 is 15.5 Å². The zero-order chi connectivity index (χ0) is 9.14. The van der Waals surface area contributed by atoms with Crippen LogP contribution in [0.4, 0.5) is 0 Å². The first-order valence-electron chi connectivity index (χ1n) is 3.25. The second-order valence-electron chi connectivity index (χ2n) is 2.18. The van der Waals surface area contributed by atoms with Gasteiger partial charge in [-0.2, -0.15) is 0 Å². The van der Waals surface area contributed by atoms with Gasteiger partial charge in [0.05, 0.1) is 5.56 Å². The minimum absolute atomic E-state index is 0.270. The molecule has 0 aliphatic rings. The standard InChI is InChI=1S/C6H9N3O2S/c1-11-4(7)3-2-8-6(12)9-5(3)10/h2,4H,7H2,1H3,(H2,8,9,10,12). The molecule has 0 spiro atoms. The van der Waals surface area contributed by atoms with Crippen LogP contribution in [-0.4, -0.2) is 17.1 Å². The summed E-state index contributed by atoms with van der Waals surface area (Å²) in [4.78, 5) is 16.2.